The average Bonchev–Trinajstić information content (AvgIpc) is 2.92. The summed E-state index contributed by atoms with van der Waals surface area (Å²) >= 11 is 1.33. The number of likely N-dealkylation sites (N-methyl/N-ethyl adjacent to an activating group) is 1. The Morgan fingerprint density at radius 3 is 2.63 bits per heavy atom. The molecule has 0 aromatic rings. The molecule has 0 spiro atoms. The van der Waals surface area contributed by atoms with Crippen molar-refractivity contribution >= 4 is 35.6 Å². The van der Waals surface area contributed by atoms with Gasteiger partial charge < -0.3 is 15.3 Å². The number of nitrogens with zero attached hydrogens (tertiary/aromatic N) is 2. The van der Waals surface area contributed by atoms with E-state index in [1.54, 1.807) is 0 Å². The Hall–Kier alpha value is -1.77. The molecule has 0 aromatic heterocycles. The largest absolute Gasteiger partial charge is 0.480 e. The molecule has 2 aliphatic heterocycles. The number of carboxylic acid groups (broad SMARTS) is 1. The highest BCUT2D eigenvalue weighted by molar-refractivity contribution is 7.99. The monoisotopic (exact) mass is 287 g/mol. The van der Waals surface area contributed by atoms with Gasteiger partial charge in [0.25, 0.3) is 5.91 Å². The number of amides is 4. The van der Waals surface area contributed by atoms with Gasteiger partial charge in [-0.3, -0.25) is 14.5 Å². The lowest BCUT2D eigenvalue weighted by Crippen LogP contribution is -2.51. The van der Waals surface area contributed by atoms with Gasteiger partial charge in [-0.2, -0.15) is 0 Å². The second-order valence-corrected chi connectivity index (χ2v) is 5.32. The van der Waals surface area contributed by atoms with Gasteiger partial charge in [0.1, 0.15) is 12.1 Å². The van der Waals surface area contributed by atoms with Gasteiger partial charge in [-0.05, 0) is 0 Å². The van der Waals surface area contributed by atoms with Crippen LogP contribution in [0.5, 0.6) is 0 Å². The molecule has 2 rings (SSSR count). The SMILES string of the molecule is CN1C(=O)CC(NC(=O)N2CSCC2C(=O)O)C1=O. The van der Waals surface area contributed by atoms with Crippen LogP contribution < -0.4 is 5.32 Å². The molecule has 2 aliphatic rings. The molecule has 0 aromatic carbocycles. The third-order valence-corrected chi connectivity index (χ3v) is 4.12. The number of imide groups is 1. The van der Waals surface area contributed by atoms with Crippen LogP contribution >= 0.6 is 11.8 Å². The summed E-state index contributed by atoms with van der Waals surface area (Å²) in [5.74, 6) is -1.34. The van der Waals surface area contributed by atoms with E-state index in [2.05, 4.69) is 5.32 Å². The minimum atomic E-state index is -1.08. The van der Waals surface area contributed by atoms with Gasteiger partial charge in [-0.1, -0.05) is 0 Å². The van der Waals surface area contributed by atoms with E-state index in [1.165, 1.54) is 18.8 Å². The lowest BCUT2D eigenvalue weighted by atomic mass is 10.2. The Kier molecular flexibility index (Phi) is 3.65. The number of carboxylic acids is 1. The maximum atomic E-state index is 11.9. The fraction of sp³-hybridized carbons (Fsp3) is 0.600. The summed E-state index contributed by atoms with van der Waals surface area (Å²) in [5.41, 5.74) is 0. The van der Waals surface area contributed by atoms with Crippen molar-refractivity contribution in [3.63, 3.8) is 0 Å². The van der Waals surface area contributed by atoms with Crippen LogP contribution in [0.1, 0.15) is 6.42 Å². The number of hydrogen-bond acceptors (Lipinski definition) is 5. The maximum absolute atomic E-state index is 11.9. The Bertz CT molecular complexity index is 454. The summed E-state index contributed by atoms with van der Waals surface area (Å²) < 4.78 is 0. The van der Waals surface area contributed by atoms with Crippen LogP contribution in [-0.4, -0.2) is 69.5 Å². The zero-order chi connectivity index (χ0) is 14.2. The van der Waals surface area contributed by atoms with Gasteiger partial charge in [0.2, 0.25) is 5.91 Å². The van der Waals surface area contributed by atoms with Crippen molar-refractivity contribution in [2.45, 2.75) is 18.5 Å². The van der Waals surface area contributed by atoms with Crippen LogP contribution in [0.4, 0.5) is 4.79 Å². The summed E-state index contributed by atoms with van der Waals surface area (Å²) in [5, 5.41) is 11.4. The van der Waals surface area contributed by atoms with E-state index >= 15 is 0 Å². The van der Waals surface area contributed by atoms with Crippen molar-refractivity contribution in [3.8, 4) is 0 Å². The standard InChI is InChI=1S/C10H13N3O5S/c1-12-7(14)2-5(8(12)15)11-10(18)13-4-19-3-6(13)9(16)17/h5-6H,2-4H2,1H3,(H,11,18)(H,16,17). The number of carbonyl (C=O) groups is 4. The molecule has 0 bridgehead atoms. The third kappa shape index (κ3) is 2.50. The number of nitrogens with one attached hydrogen (secondary N) is 1. The minimum Gasteiger partial charge on any atom is -0.480 e. The number of rotatable bonds is 2. The molecule has 104 valence electrons. The number of urea groups is 1. The molecule has 0 radical (unpaired) electrons. The summed E-state index contributed by atoms with van der Waals surface area (Å²) in [6.07, 6.45) is -0.0835. The Balaban J connectivity index is 2.00. The molecule has 0 aliphatic carbocycles. The molecule has 2 heterocycles. The van der Waals surface area contributed by atoms with Crippen molar-refractivity contribution in [3.05, 3.63) is 0 Å². The first-order chi connectivity index (χ1) is 8.91. The number of carbonyl (C=O) groups excluding carboxylic acids is 3. The van der Waals surface area contributed by atoms with Crippen molar-refractivity contribution in [1.82, 2.24) is 15.1 Å². The van der Waals surface area contributed by atoms with E-state index in [-0.39, 0.29) is 18.2 Å². The zero-order valence-electron chi connectivity index (χ0n) is 10.2. The molecule has 2 saturated heterocycles. The molecule has 4 amide bonds. The van der Waals surface area contributed by atoms with E-state index in [0.29, 0.717) is 5.75 Å². The van der Waals surface area contributed by atoms with E-state index < -0.39 is 30.0 Å². The predicted molar refractivity (Wildman–Crippen MR) is 65.3 cm³/mol. The second-order valence-electron chi connectivity index (χ2n) is 4.32. The first-order valence-electron chi connectivity index (χ1n) is 5.60. The van der Waals surface area contributed by atoms with Crippen molar-refractivity contribution in [2.75, 3.05) is 18.7 Å². The number of hydrogen-bond donors (Lipinski definition) is 2. The quantitative estimate of drug-likeness (QED) is 0.625. The summed E-state index contributed by atoms with van der Waals surface area (Å²) in [6, 6.07) is -2.42. The smallest absolute Gasteiger partial charge is 0.327 e. The highest BCUT2D eigenvalue weighted by Crippen LogP contribution is 2.21. The minimum absolute atomic E-state index is 0.0835. The average molecular weight is 287 g/mol. The van der Waals surface area contributed by atoms with E-state index in [4.69, 9.17) is 5.11 Å². The van der Waals surface area contributed by atoms with Crippen LogP contribution in [0.3, 0.4) is 0 Å². The lowest BCUT2D eigenvalue weighted by molar-refractivity contribution is -0.141. The molecule has 2 atom stereocenters. The first kappa shape index (κ1) is 13.7. The van der Waals surface area contributed by atoms with Crippen LogP contribution in [0.2, 0.25) is 0 Å². The topological polar surface area (TPSA) is 107 Å². The van der Waals surface area contributed by atoms with Crippen molar-refractivity contribution < 1.29 is 24.3 Å². The Morgan fingerprint density at radius 2 is 2.11 bits per heavy atom. The highest BCUT2D eigenvalue weighted by atomic mass is 32.2. The number of likely N-dealkylation sites (tertiary alicyclic amines) is 1. The molecule has 9 heteroatoms. The molecular weight excluding hydrogens is 274 g/mol. The Morgan fingerprint density at radius 1 is 1.42 bits per heavy atom. The van der Waals surface area contributed by atoms with Crippen LogP contribution in [0, 0.1) is 0 Å². The van der Waals surface area contributed by atoms with E-state index in [1.807, 2.05) is 0 Å². The van der Waals surface area contributed by atoms with Crippen molar-refractivity contribution in [1.29, 1.82) is 0 Å². The van der Waals surface area contributed by atoms with Gasteiger partial charge in [0, 0.05) is 12.8 Å². The van der Waals surface area contributed by atoms with Crippen molar-refractivity contribution in [2.24, 2.45) is 0 Å². The van der Waals surface area contributed by atoms with Crippen LogP contribution in [0.25, 0.3) is 0 Å². The van der Waals surface area contributed by atoms with Gasteiger partial charge in [-0.25, -0.2) is 9.59 Å². The van der Waals surface area contributed by atoms with E-state index in [0.717, 1.165) is 9.80 Å². The molecule has 0 saturated carbocycles. The van der Waals surface area contributed by atoms with Gasteiger partial charge in [0.15, 0.2) is 0 Å². The molecule has 2 fully saturated rings. The Labute approximate surface area is 113 Å². The fourth-order valence-corrected chi connectivity index (χ4v) is 3.09. The van der Waals surface area contributed by atoms with Gasteiger partial charge in [0.05, 0.1) is 12.3 Å². The molecule has 2 N–H and O–H groups in total. The lowest BCUT2D eigenvalue weighted by Gasteiger charge is -2.22. The third-order valence-electron chi connectivity index (χ3n) is 3.11. The molecule has 8 nitrogen and oxygen atoms in total. The fourth-order valence-electron chi connectivity index (χ4n) is 1.95. The molecular formula is C10H13N3O5S. The first-order valence-corrected chi connectivity index (χ1v) is 6.75. The predicted octanol–water partition coefficient (Wildman–Crippen LogP) is -1.09. The summed E-state index contributed by atoms with van der Waals surface area (Å²) in [7, 11) is 1.35. The van der Waals surface area contributed by atoms with Gasteiger partial charge in [-0.15, -0.1) is 11.8 Å². The number of aliphatic carboxylic acids is 1. The molecule has 2 unspecified atom stereocenters. The normalized spacial score (nSPS) is 27.0. The summed E-state index contributed by atoms with van der Waals surface area (Å²) in [6.45, 7) is 0. The van der Waals surface area contributed by atoms with Crippen LogP contribution in [0.15, 0.2) is 0 Å². The maximum Gasteiger partial charge on any atom is 0.327 e. The summed E-state index contributed by atoms with van der Waals surface area (Å²) in [4.78, 5) is 47.9. The zero-order valence-corrected chi connectivity index (χ0v) is 11.0. The van der Waals surface area contributed by atoms with E-state index in [9.17, 15) is 19.2 Å². The van der Waals surface area contributed by atoms with Crippen LogP contribution in [-0.2, 0) is 14.4 Å². The van der Waals surface area contributed by atoms with Gasteiger partial charge >= 0.3 is 12.0 Å². The number of thioether (sulfide) groups is 1. The highest BCUT2D eigenvalue weighted by Gasteiger charge is 2.40. The second kappa shape index (κ2) is 5.08. The molecule has 19 heavy (non-hydrogen) atoms.